The molecule has 0 aliphatic rings. The van der Waals surface area contributed by atoms with Gasteiger partial charge in [-0.3, -0.25) is 4.79 Å². The van der Waals surface area contributed by atoms with Crippen molar-refractivity contribution in [2.75, 3.05) is 18.6 Å². The lowest BCUT2D eigenvalue weighted by Gasteiger charge is -2.18. The minimum atomic E-state index is -3.84. The third-order valence-electron chi connectivity index (χ3n) is 4.52. The maximum absolute atomic E-state index is 12.7. The Morgan fingerprint density at radius 3 is 2.13 bits per heavy atom. The van der Waals surface area contributed by atoms with Gasteiger partial charge in [-0.2, -0.15) is 16.5 Å². The van der Waals surface area contributed by atoms with Crippen LogP contribution in [0.25, 0.3) is 0 Å². The fourth-order valence-corrected chi connectivity index (χ4v) is 4.97. The van der Waals surface area contributed by atoms with Crippen molar-refractivity contribution in [1.29, 1.82) is 0 Å². The third kappa shape index (κ3) is 7.93. The molecule has 0 heterocycles. The summed E-state index contributed by atoms with van der Waals surface area (Å²) in [6.07, 6.45) is 2.69. The summed E-state index contributed by atoms with van der Waals surface area (Å²) >= 11 is 1.52. The molecule has 0 aromatic heterocycles. The Kier molecular flexibility index (Phi) is 9.07. The zero-order valence-electron chi connectivity index (χ0n) is 17.4. The highest BCUT2D eigenvalue weighted by molar-refractivity contribution is 7.98. The molecule has 1 atom stereocenters. The zero-order valence-corrected chi connectivity index (χ0v) is 19.8. The second-order valence-corrected chi connectivity index (χ2v) is 11.3. The maximum atomic E-state index is 12.7. The molecule has 1 amide bonds. The Balaban J connectivity index is 2.00. The Bertz CT molecular complexity index is 1080. The first-order chi connectivity index (χ1) is 14.5. The lowest BCUT2D eigenvalue weighted by Crippen LogP contribution is -2.47. The molecule has 170 valence electrons. The number of rotatable bonds is 11. The molecule has 0 radical (unpaired) electrons. The van der Waals surface area contributed by atoms with Crippen LogP contribution in [0.1, 0.15) is 17.5 Å². The van der Waals surface area contributed by atoms with E-state index in [0.29, 0.717) is 18.6 Å². The van der Waals surface area contributed by atoms with Crippen LogP contribution in [-0.2, 0) is 31.3 Å². The van der Waals surface area contributed by atoms with E-state index < -0.39 is 32.0 Å². The summed E-state index contributed by atoms with van der Waals surface area (Å²) in [6.45, 7) is 2.14. The van der Waals surface area contributed by atoms with E-state index >= 15 is 0 Å². The second-order valence-electron chi connectivity index (χ2n) is 7.00. The van der Waals surface area contributed by atoms with Crippen molar-refractivity contribution >= 4 is 37.7 Å². The predicted molar refractivity (Wildman–Crippen MR) is 123 cm³/mol. The van der Waals surface area contributed by atoms with E-state index in [1.807, 2.05) is 13.2 Å². The molecular formula is C20H27N3O5S3. The summed E-state index contributed by atoms with van der Waals surface area (Å²) in [4.78, 5) is 12.8. The molecule has 8 nitrogen and oxygen atoms in total. The average Bonchev–Trinajstić information content (AvgIpc) is 2.71. The van der Waals surface area contributed by atoms with Crippen molar-refractivity contribution in [1.82, 2.24) is 10.0 Å². The third-order valence-corrected chi connectivity index (χ3v) is 7.58. The molecule has 2 aromatic carbocycles. The highest BCUT2D eigenvalue weighted by Crippen LogP contribution is 2.13. The molecule has 0 saturated carbocycles. The number of thioether (sulfide) groups is 1. The second kappa shape index (κ2) is 11.1. The number of carbonyl (C=O) groups is 1. The SMILES string of the molecule is CSCCC(NS(=O)(=O)c1ccc(C)cc1)C(=O)NCCc1ccc(S(N)(=O)=O)cc1. The topological polar surface area (TPSA) is 135 Å². The molecule has 4 N–H and O–H groups in total. The van der Waals surface area contributed by atoms with E-state index in [2.05, 4.69) is 10.0 Å². The van der Waals surface area contributed by atoms with Crippen LogP contribution in [0, 0.1) is 6.92 Å². The van der Waals surface area contributed by atoms with Gasteiger partial charge in [-0.15, -0.1) is 0 Å². The van der Waals surface area contributed by atoms with Crippen LogP contribution < -0.4 is 15.2 Å². The molecule has 31 heavy (non-hydrogen) atoms. The maximum Gasteiger partial charge on any atom is 0.241 e. The predicted octanol–water partition coefficient (Wildman–Crippen LogP) is 1.40. The van der Waals surface area contributed by atoms with Crippen molar-refractivity contribution in [3.63, 3.8) is 0 Å². The lowest BCUT2D eigenvalue weighted by atomic mass is 10.1. The minimum absolute atomic E-state index is 0.0166. The van der Waals surface area contributed by atoms with E-state index in [0.717, 1.165) is 11.1 Å². The molecule has 0 aliphatic carbocycles. The monoisotopic (exact) mass is 485 g/mol. The first kappa shape index (κ1) is 25.3. The Labute approximate surface area is 188 Å². The van der Waals surface area contributed by atoms with Gasteiger partial charge in [-0.25, -0.2) is 22.0 Å². The molecule has 2 aromatic rings. The summed E-state index contributed by atoms with van der Waals surface area (Å²) in [5, 5.41) is 7.83. The zero-order chi connectivity index (χ0) is 23.1. The van der Waals surface area contributed by atoms with Crippen molar-refractivity contribution in [3.05, 3.63) is 59.7 Å². The Morgan fingerprint density at radius 1 is 1.00 bits per heavy atom. The lowest BCUT2D eigenvalue weighted by molar-refractivity contribution is -0.122. The molecular weight excluding hydrogens is 458 g/mol. The standard InChI is InChI=1S/C20H27N3O5S3/c1-15-3-7-18(8-4-15)31(27,28)23-19(12-14-29-2)20(24)22-13-11-16-5-9-17(10-6-16)30(21,25)26/h3-10,19,23H,11-14H2,1-2H3,(H,22,24)(H2,21,25,26). The van der Waals surface area contributed by atoms with Gasteiger partial charge >= 0.3 is 0 Å². The summed E-state index contributed by atoms with van der Waals surface area (Å²) in [5.41, 5.74) is 1.75. The normalized spacial score (nSPS) is 13.0. The quantitative estimate of drug-likeness (QED) is 0.440. The van der Waals surface area contributed by atoms with Gasteiger partial charge in [-0.05, 0) is 61.6 Å². The fourth-order valence-electron chi connectivity index (χ4n) is 2.75. The minimum Gasteiger partial charge on any atom is -0.354 e. The summed E-state index contributed by atoms with van der Waals surface area (Å²) in [6, 6.07) is 11.6. The number of nitrogens with one attached hydrogen (secondary N) is 2. The van der Waals surface area contributed by atoms with Crippen molar-refractivity contribution < 1.29 is 21.6 Å². The van der Waals surface area contributed by atoms with E-state index in [4.69, 9.17) is 5.14 Å². The smallest absolute Gasteiger partial charge is 0.241 e. The first-order valence-electron chi connectivity index (χ1n) is 9.50. The summed E-state index contributed by atoms with van der Waals surface area (Å²) < 4.78 is 50.5. The van der Waals surface area contributed by atoms with E-state index in [1.165, 1.54) is 36.0 Å². The van der Waals surface area contributed by atoms with Gasteiger partial charge in [0.2, 0.25) is 26.0 Å². The Morgan fingerprint density at radius 2 is 1.58 bits per heavy atom. The van der Waals surface area contributed by atoms with Crippen molar-refractivity contribution in [2.24, 2.45) is 5.14 Å². The molecule has 0 saturated heterocycles. The van der Waals surface area contributed by atoms with Gasteiger partial charge in [-0.1, -0.05) is 29.8 Å². The van der Waals surface area contributed by atoms with Crippen molar-refractivity contribution in [2.45, 2.75) is 35.6 Å². The number of sulfonamides is 2. The first-order valence-corrected chi connectivity index (χ1v) is 13.9. The number of aryl methyl sites for hydroxylation is 1. The largest absolute Gasteiger partial charge is 0.354 e. The molecule has 2 rings (SSSR count). The van der Waals surface area contributed by atoms with E-state index in [9.17, 15) is 21.6 Å². The summed E-state index contributed by atoms with van der Waals surface area (Å²) in [7, 11) is -7.59. The summed E-state index contributed by atoms with van der Waals surface area (Å²) in [5.74, 6) is 0.203. The molecule has 0 spiro atoms. The molecule has 0 fully saturated rings. The van der Waals surface area contributed by atoms with Crippen molar-refractivity contribution in [3.8, 4) is 0 Å². The van der Waals surface area contributed by atoms with Crippen LogP contribution >= 0.6 is 11.8 Å². The van der Waals surface area contributed by atoms with Gasteiger partial charge in [0.15, 0.2) is 0 Å². The number of primary sulfonamides is 1. The fraction of sp³-hybridized carbons (Fsp3) is 0.350. The number of amides is 1. The van der Waals surface area contributed by atoms with Crippen LogP contribution in [-0.4, -0.2) is 47.3 Å². The highest BCUT2D eigenvalue weighted by atomic mass is 32.2. The number of benzene rings is 2. The van der Waals surface area contributed by atoms with Gasteiger partial charge in [0, 0.05) is 6.54 Å². The van der Waals surface area contributed by atoms with Crippen LogP contribution in [0.15, 0.2) is 58.3 Å². The highest BCUT2D eigenvalue weighted by Gasteiger charge is 2.25. The Hall–Kier alpha value is -1.92. The molecule has 0 bridgehead atoms. The number of carbonyl (C=O) groups excluding carboxylic acids is 1. The van der Waals surface area contributed by atoms with Crippen LogP contribution in [0.4, 0.5) is 0 Å². The van der Waals surface area contributed by atoms with Gasteiger partial charge in [0.25, 0.3) is 0 Å². The van der Waals surface area contributed by atoms with E-state index in [-0.39, 0.29) is 16.3 Å². The van der Waals surface area contributed by atoms with Gasteiger partial charge in [0.1, 0.15) is 6.04 Å². The molecule has 0 aliphatic heterocycles. The number of hydrogen-bond acceptors (Lipinski definition) is 6. The number of nitrogens with two attached hydrogens (primary N) is 1. The molecule has 1 unspecified atom stereocenters. The average molecular weight is 486 g/mol. The molecule has 11 heteroatoms. The van der Waals surface area contributed by atoms with Crippen LogP contribution in [0.2, 0.25) is 0 Å². The number of hydrogen-bond donors (Lipinski definition) is 3. The van der Waals surface area contributed by atoms with Gasteiger partial charge in [0.05, 0.1) is 9.79 Å². The van der Waals surface area contributed by atoms with Crippen LogP contribution in [0.3, 0.4) is 0 Å². The van der Waals surface area contributed by atoms with E-state index in [1.54, 1.807) is 24.3 Å². The van der Waals surface area contributed by atoms with Crippen LogP contribution in [0.5, 0.6) is 0 Å². The van der Waals surface area contributed by atoms with Gasteiger partial charge < -0.3 is 5.32 Å².